The van der Waals surface area contributed by atoms with Crippen LogP contribution in [-0.2, 0) is 27.2 Å². The SMILES string of the molecule is CN1C(=O)c2cc(NC(=O)Cc3cccs3)ccc2OC[C@@H]2O[C@H](CC(=O)NCCc3ccncc3)CC[C@H]21. The summed E-state index contributed by atoms with van der Waals surface area (Å²) in [5, 5.41) is 7.78. The topological polar surface area (TPSA) is 110 Å². The Kier molecular flexibility index (Phi) is 8.53. The number of aromatic nitrogens is 1. The van der Waals surface area contributed by atoms with E-state index in [9.17, 15) is 14.4 Å². The lowest BCUT2D eigenvalue weighted by atomic mass is 9.94. The Morgan fingerprint density at radius 2 is 1.97 bits per heavy atom. The summed E-state index contributed by atoms with van der Waals surface area (Å²) in [6.45, 7) is 0.814. The largest absolute Gasteiger partial charge is 0.490 e. The summed E-state index contributed by atoms with van der Waals surface area (Å²) in [7, 11) is 1.77. The van der Waals surface area contributed by atoms with Gasteiger partial charge in [0.2, 0.25) is 11.8 Å². The molecule has 3 aromatic rings. The van der Waals surface area contributed by atoms with Crippen LogP contribution in [0.5, 0.6) is 5.75 Å². The number of amides is 3. The van der Waals surface area contributed by atoms with Gasteiger partial charge in [-0.05, 0) is 66.6 Å². The standard InChI is InChI=1S/C29H32N4O5S/c1-33-24-6-5-21(16-27(34)31-13-10-19-8-11-30-12-9-19)38-26(24)18-37-25-7-4-20(15-23(25)29(33)36)32-28(35)17-22-3-2-14-39-22/h2-4,7-9,11-12,14-15,21,24,26H,5-6,10,13,16-18H2,1H3,(H,31,34)(H,32,35)/t21-,24+,26-/m0/s1. The van der Waals surface area contributed by atoms with Crippen molar-refractivity contribution in [1.29, 1.82) is 0 Å². The molecule has 5 rings (SSSR count). The maximum absolute atomic E-state index is 13.4. The Morgan fingerprint density at radius 3 is 2.77 bits per heavy atom. The molecule has 0 saturated carbocycles. The predicted octanol–water partition coefficient (Wildman–Crippen LogP) is 3.45. The maximum atomic E-state index is 13.4. The first-order chi connectivity index (χ1) is 19.0. The van der Waals surface area contributed by atoms with Gasteiger partial charge in [-0.25, -0.2) is 0 Å². The van der Waals surface area contributed by atoms with Crippen molar-refractivity contribution in [3.05, 3.63) is 76.2 Å². The zero-order chi connectivity index (χ0) is 27.2. The molecule has 1 fully saturated rings. The second-order valence-corrected chi connectivity index (χ2v) is 10.9. The quantitative estimate of drug-likeness (QED) is 0.446. The molecule has 1 saturated heterocycles. The van der Waals surface area contributed by atoms with Crippen molar-refractivity contribution in [3.8, 4) is 5.75 Å². The van der Waals surface area contributed by atoms with Gasteiger partial charge in [-0.15, -0.1) is 11.3 Å². The Morgan fingerprint density at radius 1 is 1.13 bits per heavy atom. The van der Waals surface area contributed by atoms with Crippen LogP contribution < -0.4 is 15.4 Å². The van der Waals surface area contributed by atoms with Crippen molar-refractivity contribution >= 4 is 34.7 Å². The first-order valence-electron chi connectivity index (χ1n) is 13.1. The maximum Gasteiger partial charge on any atom is 0.257 e. The Hall–Kier alpha value is -3.76. The number of hydrogen-bond acceptors (Lipinski definition) is 7. The van der Waals surface area contributed by atoms with Gasteiger partial charge < -0.3 is 25.0 Å². The van der Waals surface area contributed by atoms with Crippen LogP contribution in [-0.4, -0.2) is 66.1 Å². The van der Waals surface area contributed by atoms with E-state index in [2.05, 4.69) is 15.6 Å². The lowest BCUT2D eigenvalue weighted by Gasteiger charge is -2.42. The zero-order valence-corrected chi connectivity index (χ0v) is 22.6. The van der Waals surface area contributed by atoms with Crippen molar-refractivity contribution < 1.29 is 23.9 Å². The monoisotopic (exact) mass is 548 g/mol. The van der Waals surface area contributed by atoms with E-state index in [4.69, 9.17) is 9.47 Å². The fraction of sp³-hybridized carbons (Fsp3) is 0.379. The zero-order valence-electron chi connectivity index (χ0n) is 21.8. The van der Waals surface area contributed by atoms with E-state index in [1.807, 2.05) is 29.6 Å². The molecule has 0 radical (unpaired) electrons. The minimum Gasteiger partial charge on any atom is -0.490 e. The van der Waals surface area contributed by atoms with Crippen LogP contribution >= 0.6 is 11.3 Å². The van der Waals surface area contributed by atoms with E-state index in [-0.39, 0.29) is 55.4 Å². The highest BCUT2D eigenvalue weighted by Gasteiger charge is 2.39. The first-order valence-corrected chi connectivity index (χ1v) is 14.0. The van der Waals surface area contributed by atoms with Crippen LogP contribution in [0.2, 0.25) is 0 Å². The second-order valence-electron chi connectivity index (χ2n) is 9.84. The first kappa shape index (κ1) is 26.8. The molecule has 9 nitrogen and oxygen atoms in total. The minimum atomic E-state index is -0.347. The Balaban J connectivity index is 1.17. The predicted molar refractivity (Wildman–Crippen MR) is 148 cm³/mol. The lowest BCUT2D eigenvalue weighted by molar-refractivity contribution is -0.134. The smallest absolute Gasteiger partial charge is 0.257 e. The number of hydrogen-bond donors (Lipinski definition) is 2. The number of likely N-dealkylation sites (N-methyl/N-ethyl adjacent to an activating group) is 1. The molecule has 3 amide bonds. The molecule has 4 heterocycles. The lowest BCUT2D eigenvalue weighted by Crippen LogP contribution is -2.54. The van der Waals surface area contributed by atoms with Gasteiger partial charge >= 0.3 is 0 Å². The summed E-state index contributed by atoms with van der Waals surface area (Å²) in [5.74, 6) is 0.0620. The average molecular weight is 549 g/mol. The van der Waals surface area contributed by atoms with E-state index in [0.29, 0.717) is 36.4 Å². The number of ether oxygens (including phenoxy) is 2. The fourth-order valence-corrected chi connectivity index (χ4v) is 5.76. The summed E-state index contributed by atoms with van der Waals surface area (Å²) in [6, 6.07) is 12.6. The van der Waals surface area contributed by atoms with Gasteiger partial charge in [-0.2, -0.15) is 0 Å². The minimum absolute atomic E-state index is 0.0531. The number of carbonyl (C=O) groups is 3. The van der Waals surface area contributed by atoms with Gasteiger partial charge in [-0.1, -0.05) is 6.07 Å². The van der Waals surface area contributed by atoms with Gasteiger partial charge in [0.05, 0.1) is 30.6 Å². The number of fused-ring (bicyclic) bond motifs is 2. The second kappa shape index (κ2) is 12.4. The Labute approximate surface area is 231 Å². The number of benzene rings is 1. The molecule has 2 aliphatic heterocycles. The van der Waals surface area contributed by atoms with Crippen molar-refractivity contribution in [2.45, 2.75) is 50.4 Å². The number of anilines is 1. The van der Waals surface area contributed by atoms with Gasteiger partial charge in [0.15, 0.2) is 0 Å². The van der Waals surface area contributed by atoms with Crippen LogP contribution in [0.25, 0.3) is 0 Å². The highest BCUT2D eigenvalue weighted by Crippen LogP contribution is 2.32. The summed E-state index contributed by atoms with van der Waals surface area (Å²) >= 11 is 1.53. The molecule has 204 valence electrons. The summed E-state index contributed by atoms with van der Waals surface area (Å²) < 4.78 is 12.3. The third-order valence-corrected chi connectivity index (χ3v) is 7.98. The molecule has 2 aliphatic rings. The van der Waals surface area contributed by atoms with E-state index in [0.717, 1.165) is 16.9 Å². The van der Waals surface area contributed by atoms with Crippen molar-refractivity contribution in [1.82, 2.24) is 15.2 Å². The fourth-order valence-electron chi connectivity index (χ4n) is 5.06. The van der Waals surface area contributed by atoms with Crippen LogP contribution in [0.1, 0.15) is 40.1 Å². The Bertz CT molecular complexity index is 1300. The van der Waals surface area contributed by atoms with Gasteiger partial charge in [-0.3, -0.25) is 19.4 Å². The average Bonchev–Trinajstić information content (AvgIpc) is 3.44. The number of nitrogens with one attached hydrogen (secondary N) is 2. The van der Waals surface area contributed by atoms with Crippen molar-refractivity contribution in [2.24, 2.45) is 0 Å². The van der Waals surface area contributed by atoms with Crippen molar-refractivity contribution in [2.75, 3.05) is 25.5 Å². The highest BCUT2D eigenvalue weighted by atomic mass is 32.1. The van der Waals surface area contributed by atoms with Crippen LogP contribution in [0.4, 0.5) is 5.69 Å². The van der Waals surface area contributed by atoms with Gasteiger partial charge in [0, 0.05) is 36.6 Å². The molecule has 0 spiro atoms. The van der Waals surface area contributed by atoms with Crippen molar-refractivity contribution in [3.63, 3.8) is 0 Å². The van der Waals surface area contributed by atoms with Gasteiger partial charge in [0.1, 0.15) is 18.5 Å². The molecular weight excluding hydrogens is 516 g/mol. The number of rotatable bonds is 8. The number of carbonyl (C=O) groups excluding carboxylic acids is 3. The molecular formula is C29H32N4O5S. The molecule has 0 unspecified atom stereocenters. The van der Waals surface area contributed by atoms with Crippen LogP contribution in [0.3, 0.4) is 0 Å². The van der Waals surface area contributed by atoms with Crippen LogP contribution in [0.15, 0.2) is 60.2 Å². The number of pyridine rings is 1. The van der Waals surface area contributed by atoms with E-state index in [1.54, 1.807) is 42.5 Å². The molecule has 39 heavy (non-hydrogen) atoms. The molecule has 10 heteroatoms. The molecule has 2 N–H and O–H groups in total. The molecule has 0 aliphatic carbocycles. The van der Waals surface area contributed by atoms with E-state index >= 15 is 0 Å². The third-order valence-electron chi connectivity index (χ3n) is 7.11. The van der Waals surface area contributed by atoms with E-state index in [1.165, 1.54) is 11.3 Å². The molecule has 3 atom stereocenters. The summed E-state index contributed by atoms with van der Waals surface area (Å²) in [6.07, 6.45) is 5.56. The molecule has 1 aromatic carbocycles. The van der Waals surface area contributed by atoms with Gasteiger partial charge in [0.25, 0.3) is 5.91 Å². The number of thiophene rings is 1. The molecule has 2 aromatic heterocycles. The normalized spacial score (nSPS) is 20.6. The highest BCUT2D eigenvalue weighted by molar-refractivity contribution is 7.10. The van der Waals surface area contributed by atoms with E-state index < -0.39 is 0 Å². The molecule has 0 bridgehead atoms. The van der Waals surface area contributed by atoms with Crippen LogP contribution in [0, 0.1) is 0 Å². The summed E-state index contributed by atoms with van der Waals surface area (Å²) in [5.41, 5.74) is 2.07. The third kappa shape index (κ3) is 6.82. The summed E-state index contributed by atoms with van der Waals surface area (Å²) in [4.78, 5) is 45.1. The number of nitrogens with zero attached hydrogens (tertiary/aromatic N) is 2.